The first-order valence-electron chi connectivity index (χ1n) is 30.5. The van der Waals surface area contributed by atoms with Crippen molar-refractivity contribution in [2.45, 2.75) is 225 Å². The first-order chi connectivity index (χ1) is 38.0. The summed E-state index contributed by atoms with van der Waals surface area (Å²) in [5, 5.41) is 0. The van der Waals surface area contributed by atoms with Crippen LogP contribution in [0.2, 0.25) is 0 Å². The van der Waals surface area contributed by atoms with Gasteiger partial charge in [0.05, 0.1) is 27.7 Å². The van der Waals surface area contributed by atoms with Crippen LogP contribution in [0.15, 0.2) is 146 Å². The van der Waals surface area contributed by atoms with Crippen LogP contribution >= 0.6 is 7.82 Å². The second kappa shape index (κ2) is 57.6. The number of carbonyl (C=O) groups is 2. The van der Waals surface area contributed by atoms with E-state index in [4.69, 9.17) is 18.5 Å². The SMILES string of the molecule is CC/C=C\C/C=C\C/C=C\C/C=C\C/C=C\C/C=C\C/C=C\C/C=C\CCCCCCCCCCCCC(=O)OC(COC(=O)CCCCCCCC/C=C\C/C=C\C/C=C\C/C=C\CC)COP(=O)([O-])OCC[N+](C)(C)C. The van der Waals surface area contributed by atoms with Crippen LogP contribution < -0.4 is 4.89 Å². The molecule has 0 amide bonds. The van der Waals surface area contributed by atoms with E-state index in [0.29, 0.717) is 23.9 Å². The smallest absolute Gasteiger partial charge is 0.306 e. The van der Waals surface area contributed by atoms with Crippen molar-refractivity contribution in [2.24, 2.45) is 0 Å². The fourth-order valence-corrected chi connectivity index (χ4v) is 8.45. The highest BCUT2D eigenvalue weighted by molar-refractivity contribution is 7.45. The Kier molecular flexibility index (Phi) is 54.5. The van der Waals surface area contributed by atoms with E-state index in [0.717, 1.165) is 141 Å². The number of hydrogen-bond acceptors (Lipinski definition) is 8. The molecule has 2 atom stereocenters. The molecule has 0 rings (SSSR count). The number of quaternary nitrogens is 1. The van der Waals surface area contributed by atoms with Crippen molar-refractivity contribution >= 4 is 19.8 Å². The van der Waals surface area contributed by atoms with Crippen LogP contribution in [0.4, 0.5) is 0 Å². The van der Waals surface area contributed by atoms with Crippen molar-refractivity contribution in [3.63, 3.8) is 0 Å². The Morgan fingerprint density at radius 1 is 0.397 bits per heavy atom. The Morgan fingerprint density at radius 2 is 0.692 bits per heavy atom. The van der Waals surface area contributed by atoms with Gasteiger partial charge in [0, 0.05) is 12.8 Å². The summed E-state index contributed by atoms with van der Waals surface area (Å²) in [6.45, 7) is 3.97. The number of allylic oxidation sites excluding steroid dienone is 24. The lowest BCUT2D eigenvalue weighted by atomic mass is 10.0. The number of esters is 2. The lowest BCUT2D eigenvalue weighted by Crippen LogP contribution is -2.37. The number of hydrogen-bond donors (Lipinski definition) is 0. The summed E-state index contributed by atoms with van der Waals surface area (Å²) in [6, 6.07) is 0. The topological polar surface area (TPSA) is 111 Å². The Labute approximate surface area is 478 Å². The van der Waals surface area contributed by atoms with Crippen molar-refractivity contribution < 1.29 is 42.1 Å². The molecule has 9 nitrogen and oxygen atoms in total. The summed E-state index contributed by atoms with van der Waals surface area (Å²) in [7, 11) is 1.13. The highest BCUT2D eigenvalue weighted by atomic mass is 31.2. The molecule has 0 aliphatic carbocycles. The molecule has 0 aromatic heterocycles. The molecule has 0 aromatic carbocycles. The summed E-state index contributed by atoms with van der Waals surface area (Å²) in [5.41, 5.74) is 0. The van der Waals surface area contributed by atoms with Gasteiger partial charge in [-0.25, -0.2) is 0 Å². The third-order valence-corrected chi connectivity index (χ3v) is 13.3. The van der Waals surface area contributed by atoms with E-state index in [9.17, 15) is 19.0 Å². The maximum absolute atomic E-state index is 12.8. The summed E-state index contributed by atoms with van der Waals surface area (Å²) in [4.78, 5) is 37.9. The first kappa shape index (κ1) is 73.9. The minimum atomic E-state index is -4.65. The van der Waals surface area contributed by atoms with Crippen LogP contribution in [0.5, 0.6) is 0 Å². The monoisotopic (exact) mass is 1100 g/mol. The molecular weight excluding hydrogens is 990 g/mol. The van der Waals surface area contributed by atoms with Gasteiger partial charge in [0.25, 0.3) is 7.82 Å². The Hall–Kier alpha value is -4.11. The number of rotatable bonds is 54. The lowest BCUT2D eigenvalue weighted by Gasteiger charge is -2.28. The normalized spacial score (nSPS) is 14.3. The van der Waals surface area contributed by atoms with E-state index < -0.39 is 32.5 Å². The molecular formula is C68H112NO8P. The number of ether oxygens (including phenoxy) is 2. The minimum absolute atomic E-state index is 0.0421. The second-order valence-corrected chi connectivity index (χ2v) is 22.4. The molecule has 0 aromatic rings. The predicted molar refractivity (Wildman–Crippen MR) is 332 cm³/mol. The molecule has 0 aliphatic rings. The van der Waals surface area contributed by atoms with Gasteiger partial charge in [-0.3, -0.25) is 14.2 Å². The highest BCUT2D eigenvalue weighted by Crippen LogP contribution is 2.38. The second-order valence-electron chi connectivity index (χ2n) is 20.9. The van der Waals surface area contributed by atoms with Crippen molar-refractivity contribution in [3.8, 4) is 0 Å². The van der Waals surface area contributed by atoms with Crippen LogP contribution in [0, 0.1) is 0 Å². The number of nitrogens with zero attached hydrogens (tertiary/aromatic N) is 1. The average molecular weight is 1100 g/mol. The van der Waals surface area contributed by atoms with Gasteiger partial charge in [0.15, 0.2) is 6.10 Å². The standard InChI is InChI=1S/C68H112NO8P/c1-6-8-10-12-14-16-18-20-22-24-26-27-28-29-30-31-32-33-34-35-36-37-38-39-40-41-43-45-47-49-51-53-55-57-59-61-68(71)77-66(65-76-78(72,73)75-63-62-69(3,4)5)64-74-67(70)60-58-56-54-52-50-48-46-44-42-25-23-21-19-17-15-13-11-9-7-2/h8-11,14-17,20-23,26-27,29-30,32-33,35-36,38-39,42,44,66H,6-7,12-13,18-19,24-25,28,31,34,37,40-41,43,45-65H2,1-5H3/b10-8-,11-9-,16-14-,17-15-,22-20-,23-21-,27-26-,30-29-,33-32-,36-35-,39-38-,44-42-. The van der Waals surface area contributed by atoms with Crippen molar-refractivity contribution in [3.05, 3.63) is 146 Å². The van der Waals surface area contributed by atoms with Gasteiger partial charge in [-0.15, -0.1) is 0 Å². The summed E-state index contributed by atoms with van der Waals surface area (Å²) in [6.07, 6.45) is 84.7. The average Bonchev–Trinajstić information content (AvgIpc) is 3.41. The number of carbonyl (C=O) groups excluding carboxylic acids is 2. The molecule has 10 heteroatoms. The maximum Gasteiger partial charge on any atom is 0.306 e. The minimum Gasteiger partial charge on any atom is -0.756 e. The Balaban J connectivity index is 4.17. The summed E-state index contributed by atoms with van der Waals surface area (Å²) < 4.78 is 34.2. The third kappa shape index (κ3) is 61.1. The molecule has 442 valence electrons. The maximum atomic E-state index is 12.8. The van der Waals surface area contributed by atoms with Crippen LogP contribution in [0.1, 0.15) is 219 Å². The predicted octanol–water partition coefficient (Wildman–Crippen LogP) is 18.8. The van der Waals surface area contributed by atoms with E-state index in [1.165, 1.54) is 38.5 Å². The van der Waals surface area contributed by atoms with Crippen LogP contribution in [-0.4, -0.2) is 70.0 Å². The Morgan fingerprint density at radius 3 is 1.03 bits per heavy atom. The lowest BCUT2D eigenvalue weighted by molar-refractivity contribution is -0.870. The zero-order valence-corrected chi connectivity index (χ0v) is 50.9. The van der Waals surface area contributed by atoms with E-state index in [1.807, 2.05) is 21.1 Å². The molecule has 0 bridgehead atoms. The van der Waals surface area contributed by atoms with E-state index in [2.05, 4.69) is 160 Å². The van der Waals surface area contributed by atoms with Crippen molar-refractivity contribution in [1.82, 2.24) is 0 Å². The molecule has 0 aliphatic heterocycles. The zero-order valence-electron chi connectivity index (χ0n) is 50.1. The largest absolute Gasteiger partial charge is 0.756 e. The fourth-order valence-electron chi connectivity index (χ4n) is 7.72. The summed E-state index contributed by atoms with van der Waals surface area (Å²) in [5.74, 6) is -0.864. The zero-order chi connectivity index (χ0) is 57.0. The molecule has 0 N–H and O–H groups in total. The molecule has 0 fully saturated rings. The van der Waals surface area contributed by atoms with Gasteiger partial charge < -0.3 is 27.9 Å². The van der Waals surface area contributed by atoms with Crippen LogP contribution in [-0.2, 0) is 32.7 Å². The van der Waals surface area contributed by atoms with Crippen molar-refractivity contribution in [1.29, 1.82) is 0 Å². The van der Waals surface area contributed by atoms with Gasteiger partial charge >= 0.3 is 11.9 Å². The number of likely N-dealkylation sites (N-methyl/N-ethyl adjacent to an activating group) is 1. The Bertz CT molecular complexity index is 1820. The highest BCUT2D eigenvalue weighted by Gasteiger charge is 2.22. The van der Waals surface area contributed by atoms with E-state index >= 15 is 0 Å². The fraction of sp³-hybridized carbons (Fsp3) is 0.618. The molecule has 2 unspecified atom stereocenters. The third-order valence-electron chi connectivity index (χ3n) is 12.4. The molecule has 0 heterocycles. The molecule has 78 heavy (non-hydrogen) atoms. The van der Waals surface area contributed by atoms with Gasteiger partial charge in [-0.1, -0.05) is 237 Å². The van der Waals surface area contributed by atoms with Crippen molar-refractivity contribution in [2.75, 3.05) is 47.5 Å². The molecule has 0 saturated carbocycles. The number of unbranched alkanes of at least 4 members (excludes halogenated alkanes) is 16. The first-order valence-corrected chi connectivity index (χ1v) is 32.0. The number of phosphoric acid groups is 1. The quantitative estimate of drug-likeness (QED) is 0.0195. The summed E-state index contributed by atoms with van der Waals surface area (Å²) >= 11 is 0. The molecule has 0 radical (unpaired) electrons. The molecule has 0 spiro atoms. The van der Waals surface area contributed by atoms with Gasteiger partial charge in [0.2, 0.25) is 0 Å². The van der Waals surface area contributed by atoms with E-state index in [-0.39, 0.29) is 26.1 Å². The van der Waals surface area contributed by atoms with Gasteiger partial charge in [-0.05, 0) is 116 Å². The van der Waals surface area contributed by atoms with Gasteiger partial charge in [0.1, 0.15) is 19.8 Å². The van der Waals surface area contributed by atoms with Gasteiger partial charge in [-0.2, -0.15) is 0 Å². The van der Waals surface area contributed by atoms with Crippen LogP contribution in [0.25, 0.3) is 0 Å². The van der Waals surface area contributed by atoms with Crippen LogP contribution in [0.3, 0.4) is 0 Å². The molecule has 0 saturated heterocycles. The number of phosphoric ester groups is 1. The van der Waals surface area contributed by atoms with E-state index in [1.54, 1.807) is 0 Å².